The summed E-state index contributed by atoms with van der Waals surface area (Å²) in [6.07, 6.45) is 1.31. The van der Waals surface area contributed by atoms with Crippen LogP contribution in [0.2, 0.25) is 0 Å². The minimum absolute atomic E-state index is 0.0838. The summed E-state index contributed by atoms with van der Waals surface area (Å²) in [5.41, 5.74) is 0.0838. The van der Waals surface area contributed by atoms with Gasteiger partial charge in [0.05, 0.1) is 11.0 Å². The van der Waals surface area contributed by atoms with E-state index in [-0.39, 0.29) is 10.6 Å². The molecule has 1 aliphatic heterocycles. The van der Waals surface area contributed by atoms with Gasteiger partial charge in [-0.1, -0.05) is 0 Å². The van der Waals surface area contributed by atoms with Crippen molar-refractivity contribution in [2.45, 2.75) is 25.9 Å². The molecule has 0 radical (unpaired) electrons. The number of nitro groups is 1. The van der Waals surface area contributed by atoms with Crippen molar-refractivity contribution in [1.82, 2.24) is 0 Å². The molecule has 1 aliphatic rings. The van der Waals surface area contributed by atoms with E-state index in [1.165, 1.54) is 17.4 Å². The highest BCUT2D eigenvalue weighted by molar-refractivity contribution is 7.16. The lowest BCUT2D eigenvalue weighted by molar-refractivity contribution is -0.383. The quantitative estimate of drug-likeness (QED) is 0.668. The topological polar surface area (TPSA) is 75.8 Å². The molecule has 1 saturated heterocycles. The van der Waals surface area contributed by atoms with E-state index >= 15 is 0 Å². The Morgan fingerprint density at radius 2 is 2.25 bits per heavy atom. The van der Waals surface area contributed by atoms with Crippen molar-refractivity contribution < 1.29 is 14.8 Å². The van der Waals surface area contributed by atoms with Gasteiger partial charge in [-0.15, -0.1) is 11.3 Å². The Kier molecular flexibility index (Phi) is 4.95. The van der Waals surface area contributed by atoms with E-state index in [0.717, 1.165) is 32.6 Å². The fourth-order valence-electron chi connectivity index (χ4n) is 2.40. The SMILES string of the molecule is C[C@H](O)c1cc([N+](=O)[O-])c(N(C)CC2CCOCC2)s1. The Bertz CT molecular complexity index is 469. The van der Waals surface area contributed by atoms with E-state index in [0.29, 0.717) is 15.8 Å². The van der Waals surface area contributed by atoms with E-state index in [1.807, 2.05) is 11.9 Å². The Morgan fingerprint density at radius 1 is 1.60 bits per heavy atom. The summed E-state index contributed by atoms with van der Waals surface area (Å²) in [4.78, 5) is 13.3. The van der Waals surface area contributed by atoms with E-state index in [1.54, 1.807) is 6.92 Å². The monoisotopic (exact) mass is 300 g/mol. The number of rotatable bonds is 5. The smallest absolute Gasteiger partial charge is 0.304 e. The molecule has 20 heavy (non-hydrogen) atoms. The van der Waals surface area contributed by atoms with Crippen molar-refractivity contribution in [1.29, 1.82) is 0 Å². The highest BCUT2D eigenvalue weighted by atomic mass is 32.1. The van der Waals surface area contributed by atoms with Crippen LogP contribution in [0.3, 0.4) is 0 Å². The van der Waals surface area contributed by atoms with Crippen LogP contribution in [0.4, 0.5) is 10.7 Å². The third kappa shape index (κ3) is 3.47. The zero-order chi connectivity index (χ0) is 14.7. The molecule has 0 saturated carbocycles. The van der Waals surface area contributed by atoms with Gasteiger partial charge in [-0.25, -0.2) is 0 Å². The van der Waals surface area contributed by atoms with Crippen LogP contribution in [-0.4, -0.2) is 36.8 Å². The molecule has 0 aromatic carbocycles. The molecule has 112 valence electrons. The highest BCUT2D eigenvalue weighted by Gasteiger charge is 2.25. The molecule has 0 amide bonds. The number of aliphatic hydroxyl groups is 1. The van der Waals surface area contributed by atoms with Crippen molar-refractivity contribution in [3.8, 4) is 0 Å². The fourth-order valence-corrected chi connectivity index (χ4v) is 3.43. The van der Waals surface area contributed by atoms with Gasteiger partial charge in [0, 0.05) is 37.7 Å². The number of ether oxygens (including phenoxy) is 1. The standard InChI is InChI=1S/C13H20N2O4S/c1-9(16)12-7-11(15(17)18)13(20-12)14(2)8-10-3-5-19-6-4-10/h7,9-10,16H,3-6,8H2,1-2H3/t9-/m0/s1. The number of hydrogen-bond donors (Lipinski definition) is 1. The van der Waals surface area contributed by atoms with Gasteiger partial charge in [-0.3, -0.25) is 10.1 Å². The molecule has 0 bridgehead atoms. The first kappa shape index (κ1) is 15.2. The molecule has 2 heterocycles. The summed E-state index contributed by atoms with van der Waals surface area (Å²) in [6.45, 7) is 3.94. The molecule has 1 atom stereocenters. The van der Waals surface area contributed by atoms with Crippen molar-refractivity contribution in [3.05, 3.63) is 21.1 Å². The first-order chi connectivity index (χ1) is 9.49. The van der Waals surface area contributed by atoms with Crippen molar-refractivity contribution >= 4 is 22.0 Å². The summed E-state index contributed by atoms with van der Waals surface area (Å²) < 4.78 is 5.33. The molecule has 0 aliphatic carbocycles. The van der Waals surface area contributed by atoms with Crippen molar-refractivity contribution in [2.24, 2.45) is 5.92 Å². The van der Waals surface area contributed by atoms with Crippen LogP contribution in [0.15, 0.2) is 6.07 Å². The normalized spacial score (nSPS) is 17.9. The van der Waals surface area contributed by atoms with Crippen molar-refractivity contribution in [2.75, 3.05) is 31.7 Å². The van der Waals surface area contributed by atoms with Gasteiger partial charge in [0.1, 0.15) is 0 Å². The summed E-state index contributed by atoms with van der Waals surface area (Å²) in [6, 6.07) is 1.48. The Morgan fingerprint density at radius 3 is 2.80 bits per heavy atom. The largest absolute Gasteiger partial charge is 0.388 e. The summed E-state index contributed by atoms with van der Waals surface area (Å²) in [5, 5.41) is 21.4. The minimum atomic E-state index is -0.677. The second-order valence-electron chi connectivity index (χ2n) is 5.21. The van der Waals surface area contributed by atoms with Crippen LogP contribution in [0.25, 0.3) is 0 Å². The Hall–Kier alpha value is -1.18. The maximum Gasteiger partial charge on any atom is 0.304 e. The van der Waals surface area contributed by atoms with Gasteiger partial charge >= 0.3 is 5.69 Å². The lowest BCUT2D eigenvalue weighted by Crippen LogP contribution is -2.29. The molecule has 1 aromatic heterocycles. The third-order valence-corrected chi connectivity index (χ3v) is 4.95. The second kappa shape index (κ2) is 6.51. The zero-order valence-electron chi connectivity index (χ0n) is 11.7. The first-order valence-corrected chi connectivity index (χ1v) is 7.55. The zero-order valence-corrected chi connectivity index (χ0v) is 12.6. The number of anilines is 1. The molecule has 6 nitrogen and oxygen atoms in total. The van der Waals surface area contributed by atoms with Gasteiger partial charge in [0.25, 0.3) is 0 Å². The van der Waals surface area contributed by atoms with Gasteiger partial charge in [0.15, 0.2) is 5.00 Å². The number of aliphatic hydroxyl groups excluding tert-OH is 1. The molecular weight excluding hydrogens is 280 g/mol. The van der Waals surface area contributed by atoms with Crippen LogP contribution in [0.5, 0.6) is 0 Å². The van der Waals surface area contributed by atoms with E-state index < -0.39 is 6.10 Å². The van der Waals surface area contributed by atoms with Crippen LogP contribution in [0.1, 0.15) is 30.7 Å². The number of hydrogen-bond acceptors (Lipinski definition) is 6. The van der Waals surface area contributed by atoms with Crippen LogP contribution in [0, 0.1) is 16.0 Å². The van der Waals surface area contributed by atoms with Gasteiger partial charge < -0.3 is 14.7 Å². The highest BCUT2D eigenvalue weighted by Crippen LogP contribution is 2.40. The van der Waals surface area contributed by atoms with Crippen LogP contribution in [-0.2, 0) is 4.74 Å². The van der Waals surface area contributed by atoms with Gasteiger partial charge in [-0.05, 0) is 25.7 Å². The van der Waals surface area contributed by atoms with Crippen LogP contribution < -0.4 is 4.90 Å². The molecule has 0 spiro atoms. The molecule has 2 rings (SSSR count). The molecular formula is C13H20N2O4S. The first-order valence-electron chi connectivity index (χ1n) is 6.74. The molecule has 1 aromatic rings. The van der Waals surface area contributed by atoms with E-state index in [9.17, 15) is 15.2 Å². The summed E-state index contributed by atoms with van der Waals surface area (Å²) in [7, 11) is 1.88. The average Bonchev–Trinajstić information content (AvgIpc) is 2.85. The number of nitrogens with zero attached hydrogens (tertiary/aromatic N) is 2. The third-order valence-electron chi connectivity index (χ3n) is 3.54. The van der Waals surface area contributed by atoms with Gasteiger partial charge in [0.2, 0.25) is 0 Å². The molecule has 1 fully saturated rings. The van der Waals surface area contributed by atoms with Crippen LogP contribution >= 0.6 is 11.3 Å². The van der Waals surface area contributed by atoms with E-state index in [2.05, 4.69) is 0 Å². The lowest BCUT2D eigenvalue weighted by atomic mass is 10.00. The maximum atomic E-state index is 11.1. The Balaban J connectivity index is 2.14. The number of thiophene rings is 1. The predicted molar refractivity (Wildman–Crippen MR) is 78.4 cm³/mol. The Labute approximate surface area is 122 Å². The summed E-state index contributed by atoms with van der Waals surface area (Å²) >= 11 is 1.30. The van der Waals surface area contributed by atoms with Gasteiger partial charge in [-0.2, -0.15) is 0 Å². The fraction of sp³-hybridized carbons (Fsp3) is 0.692. The summed E-state index contributed by atoms with van der Waals surface area (Å²) in [5.74, 6) is 0.505. The molecule has 0 unspecified atom stereocenters. The lowest BCUT2D eigenvalue weighted by Gasteiger charge is -2.27. The average molecular weight is 300 g/mol. The minimum Gasteiger partial charge on any atom is -0.388 e. The van der Waals surface area contributed by atoms with Crippen molar-refractivity contribution in [3.63, 3.8) is 0 Å². The molecule has 7 heteroatoms. The maximum absolute atomic E-state index is 11.1. The molecule has 1 N–H and O–H groups in total. The second-order valence-corrected chi connectivity index (χ2v) is 6.27. The van der Waals surface area contributed by atoms with E-state index in [4.69, 9.17) is 4.74 Å². The predicted octanol–water partition coefficient (Wildman–Crippen LogP) is 2.57.